The Balaban J connectivity index is 0.812. The fourth-order valence-corrected chi connectivity index (χ4v) is 12.3. The van der Waals surface area contributed by atoms with Crippen molar-refractivity contribution in [3.8, 4) is 67.8 Å². The molecule has 0 fully saturated rings. The van der Waals surface area contributed by atoms with Crippen LogP contribution >= 0.6 is 0 Å². The zero-order valence-electron chi connectivity index (χ0n) is 49.5. The molecule has 13 nitrogen and oxygen atoms in total. The maximum atomic E-state index is 7.18. The van der Waals surface area contributed by atoms with Crippen LogP contribution in [0.2, 0.25) is 0 Å². The molecular weight excluding hydrogens is 1110 g/mol. The molecule has 0 aliphatic carbocycles. The highest BCUT2D eigenvalue weighted by atomic mass is 16.3. The molecule has 9 aromatic carbocycles. The van der Waals surface area contributed by atoms with Crippen LogP contribution in [-0.2, 0) is 0 Å². The molecule has 0 amide bonds. The maximum absolute atomic E-state index is 7.18. The van der Waals surface area contributed by atoms with Crippen molar-refractivity contribution in [3.05, 3.63) is 273 Å². The lowest BCUT2D eigenvalue weighted by Crippen LogP contribution is -2.04. The molecule has 0 saturated heterocycles. The monoisotopic (exact) mass is 1160 g/mol. The van der Waals surface area contributed by atoms with Crippen molar-refractivity contribution in [2.24, 2.45) is 15.0 Å². The Labute approximate surface area is 518 Å². The fourth-order valence-electron chi connectivity index (χ4n) is 12.3. The number of allylic oxidation sites excluding steroid dienone is 4. The Morgan fingerprint density at radius 3 is 1.69 bits per heavy atom. The van der Waals surface area contributed by atoms with Crippen LogP contribution in [0.3, 0.4) is 0 Å². The number of aromatic nitrogens is 9. The molecule has 6 heterocycles. The standard InChI is InChI=1S/C77H56N12O/c1-5-6-7-10-19-48(2)72-81-46-83-76(85-72)55-34-37-68-64(44-55)65-45-80-39-38-69(65)89(68)57-27-16-25-52(41-57)59-29-18-31-61-60-30-17-28-58(70(60)90-71(59)61)51-24-15-26-56(40-51)88-66-35-32-53(74(79-4)86-73(78-3)49-20-11-8-12-21-49)42-62(66)63-43-54(33-36-67(63)88)77-84-47-82-75(87-77)50-22-13-9-14-23-50/h5-18,20-48H,4,19H2,1-3H3/b6-5-,10-7-,78-73?,86-74?. The summed E-state index contributed by atoms with van der Waals surface area (Å²) in [5.41, 5.74) is 16.0. The first-order valence-corrected chi connectivity index (χ1v) is 29.8. The van der Waals surface area contributed by atoms with Crippen molar-refractivity contribution in [1.29, 1.82) is 0 Å². The largest absolute Gasteiger partial charge is 0.455 e. The number of benzene rings is 9. The average Bonchev–Trinajstić information content (AvgIpc) is 1.77. The highest BCUT2D eigenvalue weighted by Crippen LogP contribution is 2.43. The highest BCUT2D eigenvalue weighted by molar-refractivity contribution is 6.18. The van der Waals surface area contributed by atoms with E-state index in [0.717, 1.165) is 139 Å². The summed E-state index contributed by atoms with van der Waals surface area (Å²) in [7, 11) is 1.74. The van der Waals surface area contributed by atoms with E-state index in [0.29, 0.717) is 29.1 Å². The third kappa shape index (κ3) is 9.89. The van der Waals surface area contributed by atoms with Gasteiger partial charge in [0, 0.05) is 108 Å². The van der Waals surface area contributed by atoms with Crippen molar-refractivity contribution in [1.82, 2.24) is 44.0 Å². The summed E-state index contributed by atoms with van der Waals surface area (Å²) in [4.78, 5) is 46.9. The van der Waals surface area contributed by atoms with Gasteiger partial charge in [0.1, 0.15) is 29.6 Å². The summed E-state index contributed by atoms with van der Waals surface area (Å²) in [6, 6.07) is 71.2. The Morgan fingerprint density at radius 1 is 0.500 bits per heavy atom. The van der Waals surface area contributed by atoms with E-state index in [-0.39, 0.29) is 5.92 Å². The number of rotatable bonds is 13. The normalized spacial score (nSPS) is 12.7. The van der Waals surface area contributed by atoms with Gasteiger partial charge in [-0.05, 0) is 116 Å². The quantitative estimate of drug-likeness (QED) is 0.0629. The molecule has 0 aliphatic heterocycles. The van der Waals surface area contributed by atoms with Gasteiger partial charge in [0.05, 0.1) is 22.1 Å². The molecular formula is C77H56N12O. The number of nitrogens with zero attached hydrogens (tertiary/aromatic N) is 12. The summed E-state index contributed by atoms with van der Waals surface area (Å²) < 4.78 is 11.8. The molecule has 1 unspecified atom stereocenters. The number of hydrogen-bond acceptors (Lipinski definition) is 9. The van der Waals surface area contributed by atoms with Crippen LogP contribution in [0.25, 0.3) is 133 Å². The van der Waals surface area contributed by atoms with Crippen LogP contribution in [0.4, 0.5) is 0 Å². The molecule has 0 saturated carbocycles. The van der Waals surface area contributed by atoms with Gasteiger partial charge in [0.2, 0.25) is 0 Å². The van der Waals surface area contributed by atoms with E-state index in [1.807, 2.05) is 98.2 Å². The summed E-state index contributed by atoms with van der Waals surface area (Å²) >= 11 is 0. The molecule has 430 valence electrons. The van der Waals surface area contributed by atoms with Crippen molar-refractivity contribution < 1.29 is 4.42 Å². The zero-order chi connectivity index (χ0) is 60.7. The van der Waals surface area contributed by atoms with Crippen molar-refractivity contribution in [2.45, 2.75) is 26.2 Å². The van der Waals surface area contributed by atoms with Gasteiger partial charge in [-0.2, -0.15) is 0 Å². The van der Waals surface area contributed by atoms with E-state index in [1.54, 1.807) is 19.7 Å². The molecule has 1 atom stereocenters. The number of amidine groups is 2. The molecule has 6 aromatic heterocycles. The molecule has 13 heteroatoms. The third-order valence-corrected chi connectivity index (χ3v) is 16.6. The minimum absolute atomic E-state index is 0.130. The summed E-state index contributed by atoms with van der Waals surface area (Å²) in [6.07, 6.45) is 16.1. The predicted molar refractivity (Wildman–Crippen MR) is 366 cm³/mol. The molecule has 15 aromatic rings. The lowest BCUT2D eigenvalue weighted by Gasteiger charge is -2.11. The zero-order valence-corrected chi connectivity index (χ0v) is 49.5. The van der Waals surface area contributed by atoms with E-state index in [2.05, 4.69) is 209 Å². The number of furan rings is 1. The lowest BCUT2D eigenvalue weighted by atomic mass is 9.99. The summed E-state index contributed by atoms with van der Waals surface area (Å²) in [5.74, 6) is 3.71. The number of hydrogen-bond donors (Lipinski definition) is 0. The van der Waals surface area contributed by atoms with Crippen molar-refractivity contribution in [3.63, 3.8) is 0 Å². The Bertz CT molecular complexity index is 5420. The highest BCUT2D eigenvalue weighted by Gasteiger charge is 2.22. The van der Waals surface area contributed by atoms with Crippen LogP contribution in [0.1, 0.15) is 43.1 Å². The molecule has 0 N–H and O–H groups in total. The van der Waals surface area contributed by atoms with Crippen LogP contribution < -0.4 is 0 Å². The van der Waals surface area contributed by atoms with Crippen molar-refractivity contribution >= 4 is 83.9 Å². The molecule has 0 aliphatic rings. The van der Waals surface area contributed by atoms with E-state index in [1.165, 1.54) is 0 Å². The first kappa shape index (κ1) is 54.7. The number of pyridine rings is 1. The smallest absolute Gasteiger partial charge is 0.163 e. The van der Waals surface area contributed by atoms with Gasteiger partial charge >= 0.3 is 0 Å². The third-order valence-electron chi connectivity index (χ3n) is 16.6. The van der Waals surface area contributed by atoms with E-state index in [9.17, 15) is 0 Å². The van der Waals surface area contributed by atoms with Crippen LogP contribution in [0.5, 0.6) is 0 Å². The van der Waals surface area contributed by atoms with Crippen LogP contribution in [-0.4, -0.2) is 69.5 Å². The lowest BCUT2D eigenvalue weighted by molar-refractivity contribution is 0.671. The van der Waals surface area contributed by atoms with E-state index >= 15 is 0 Å². The van der Waals surface area contributed by atoms with Gasteiger partial charge in [0.25, 0.3) is 0 Å². The molecule has 0 bridgehead atoms. The van der Waals surface area contributed by atoms with Gasteiger partial charge < -0.3 is 13.6 Å². The SMILES string of the molecule is C=NC(=NC(=NC)c1ccccc1)c1ccc2c(c1)c1cc(-c3ncnc(-c4ccccc4)n3)ccc1n2-c1cccc(-c2cccc3c2oc2c(-c4cccc(-n5c6ccncc6c6cc(-c7ncnc(C(C)C/C=C\C=C/C)n7)ccc65)c4)cccc23)c1. The maximum Gasteiger partial charge on any atom is 0.163 e. The second kappa shape index (κ2) is 23.4. The van der Waals surface area contributed by atoms with Gasteiger partial charge in [-0.1, -0.05) is 153 Å². The first-order chi connectivity index (χ1) is 44.4. The fraction of sp³-hybridized carbons (Fsp3) is 0.0649. The molecule has 90 heavy (non-hydrogen) atoms. The second-order valence-corrected chi connectivity index (χ2v) is 22.1. The minimum atomic E-state index is 0.130. The topological polar surface area (TPSA) is 150 Å². The van der Waals surface area contributed by atoms with Crippen LogP contribution in [0.15, 0.2) is 275 Å². The molecule has 15 rings (SSSR count). The van der Waals surface area contributed by atoms with Crippen LogP contribution in [0, 0.1) is 0 Å². The van der Waals surface area contributed by atoms with Gasteiger partial charge in [0.15, 0.2) is 29.1 Å². The average molecular weight is 1170 g/mol. The first-order valence-electron chi connectivity index (χ1n) is 29.8. The molecule has 0 spiro atoms. The van der Waals surface area contributed by atoms with Gasteiger partial charge in [-0.15, -0.1) is 0 Å². The second-order valence-electron chi connectivity index (χ2n) is 22.1. The number of fused-ring (bicyclic) bond motifs is 9. The summed E-state index contributed by atoms with van der Waals surface area (Å²) in [6.45, 7) is 8.12. The minimum Gasteiger partial charge on any atom is -0.455 e. The van der Waals surface area contributed by atoms with Crippen molar-refractivity contribution in [2.75, 3.05) is 7.05 Å². The van der Waals surface area contributed by atoms with Gasteiger partial charge in [-0.3, -0.25) is 9.98 Å². The van der Waals surface area contributed by atoms with E-state index < -0.39 is 0 Å². The Hall–Kier alpha value is -12.0. The van der Waals surface area contributed by atoms with E-state index in [4.69, 9.17) is 19.4 Å². The Morgan fingerprint density at radius 2 is 1.06 bits per heavy atom. The Kier molecular flexibility index (Phi) is 14.2. The predicted octanol–water partition coefficient (Wildman–Crippen LogP) is 18.0. The van der Waals surface area contributed by atoms with Gasteiger partial charge in [-0.25, -0.2) is 39.9 Å². The molecule has 0 radical (unpaired) electrons. The number of aliphatic imine (C=N–C) groups is 3. The summed E-state index contributed by atoms with van der Waals surface area (Å²) in [5, 5.41) is 6.12. The number of para-hydroxylation sites is 2.